The molecule has 0 amide bonds. The van der Waals surface area contributed by atoms with Gasteiger partial charge >= 0.3 is 0 Å². The van der Waals surface area contributed by atoms with Crippen LogP contribution >= 0.6 is 0 Å². The lowest BCUT2D eigenvalue weighted by atomic mass is 10.1. The largest absolute Gasteiger partial charge is 0.357 e. The van der Waals surface area contributed by atoms with Crippen molar-refractivity contribution < 1.29 is 8.78 Å². The standard InChI is InChI=1S/C17H28F2N4/c1-6-20-16(21-9-10-22-17(3,4)5)23-12(2)13-7-8-14(18)15(19)11-13/h7-8,11-12,22H,6,9-10H2,1-5H3,(H2,20,21,23). The van der Waals surface area contributed by atoms with Crippen LogP contribution in [0.3, 0.4) is 0 Å². The van der Waals surface area contributed by atoms with Gasteiger partial charge in [0.25, 0.3) is 0 Å². The fourth-order valence-electron chi connectivity index (χ4n) is 1.99. The molecule has 0 saturated carbocycles. The van der Waals surface area contributed by atoms with Crippen molar-refractivity contribution in [1.82, 2.24) is 16.0 Å². The van der Waals surface area contributed by atoms with Crippen LogP contribution in [0.25, 0.3) is 0 Å². The minimum absolute atomic E-state index is 0.0558. The Bertz CT molecular complexity index is 524. The van der Waals surface area contributed by atoms with Gasteiger partial charge in [-0.25, -0.2) is 8.78 Å². The van der Waals surface area contributed by atoms with Crippen molar-refractivity contribution in [3.8, 4) is 0 Å². The Morgan fingerprint density at radius 2 is 1.91 bits per heavy atom. The molecule has 0 fully saturated rings. The SMILES string of the molecule is CCNC(=NCCNC(C)(C)C)NC(C)c1ccc(F)c(F)c1. The molecule has 130 valence electrons. The minimum Gasteiger partial charge on any atom is -0.357 e. The van der Waals surface area contributed by atoms with Crippen molar-refractivity contribution in [2.75, 3.05) is 19.6 Å². The Balaban J connectivity index is 2.64. The molecule has 0 aliphatic carbocycles. The lowest BCUT2D eigenvalue weighted by molar-refractivity contribution is 0.432. The van der Waals surface area contributed by atoms with Gasteiger partial charge in [-0.2, -0.15) is 0 Å². The maximum Gasteiger partial charge on any atom is 0.191 e. The Morgan fingerprint density at radius 1 is 1.22 bits per heavy atom. The molecule has 0 heterocycles. The summed E-state index contributed by atoms with van der Waals surface area (Å²) in [5.74, 6) is -1.03. The molecule has 1 atom stereocenters. The zero-order valence-corrected chi connectivity index (χ0v) is 14.6. The molecule has 0 aliphatic heterocycles. The number of hydrogen-bond donors (Lipinski definition) is 3. The summed E-state index contributed by atoms with van der Waals surface area (Å²) < 4.78 is 26.3. The molecule has 4 nitrogen and oxygen atoms in total. The van der Waals surface area contributed by atoms with Gasteiger partial charge in [-0.15, -0.1) is 0 Å². The van der Waals surface area contributed by atoms with Crippen LogP contribution in [0.1, 0.15) is 46.2 Å². The third kappa shape index (κ3) is 7.41. The van der Waals surface area contributed by atoms with Gasteiger partial charge in [0, 0.05) is 18.6 Å². The van der Waals surface area contributed by atoms with Crippen molar-refractivity contribution in [1.29, 1.82) is 0 Å². The number of benzene rings is 1. The highest BCUT2D eigenvalue weighted by atomic mass is 19.2. The van der Waals surface area contributed by atoms with Gasteiger partial charge in [0.2, 0.25) is 0 Å². The Labute approximate surface area is 137 Å². The fraction of sp³-hybridized carbons (Fsp3) is 0.588. The van der Waals surface area contributed by atoms with E-state index in [-0.39, 0.29) is 11.6 Å². The monoisotopic (exact) mass is 326 g/mol. The van der Waals surface area contributed by atoms with Crippen molar-refractivity contribution in [2.45, 2.75) is 46.2 Å². The summed E-state index contributed by atoms with van der Waals surface area (Å²) in [6.07, 6.45) is 0. The summed E-state index contributed by atoms with van der Waals surface area (Å²) in [5.41, 5.74) is 0.725. The minimum atomic E-state index is -0.840. The van der Waals surface area contributed by atoms with Crippen LogP contribution in [0.5, 0.6) is 0 Å². The van der Waals surface area contributed by atoms with E-state index in [1.165, 1.54) is 6.07 Å². The van der Waals surface area contributed by atoms with Crippen LogP contribution in [-0.4, -0.2) is 31.1 Å². The number of nitrogens with one attached hydrogen (secondary N) is 3. The Hall–Kier alpha value is -1.69. The molecule has 3 N–H and O–H groups in total. The first-order valence-electron chi connectivity index (χ1n) is 7.97. The Morgan fingerprint density at radius 3 is 2.48 bits per heavy atom. The summed E-state index contributed by atoms with van der Waals surface area (Å²) in [6.45, 7) is 12.3. The third-order valence-electron chi connectivity index (χ3n) is 3.18. The van der Waals surface area contributed by atoms with Crippen LogP contribution in [0.4, 0.5) is 8.78 Å². The Kier molecular flexibility index (Phi) is 7.42. The van der Waals surface area contributed by atoms with E-state index in [9.17, 15) is 8.78 Å². The van der Waals surface area contributed by atoms with Crippen LogP contribution in [0.2, 0.25) is 0 Å². The second kappa shape index (κ2) is 8.82. The van der Waals surface area contributed by atoms with Gasteiger partial charge in [-0.3, -0.25) is 4.99 Å². The molecule has 0 aromatic heterocycles. The number of halogens is 2. The first-order chi connectivity index (χ1) is 10.7. The summed E-state index contributed by atoms with van der Waals surface area (Å²) >= 11 is 0. The van der Waals surface area contributed by atoms with Gasteiger partial charge in [0.05, 0.1) is 12.6 Å². The third-order valence-corrected chi connectivity index (χ3v) is 3.18. The zero-order valence-electron chi connectivity index (χ0n) is 14.6. The molecule has 1 aromatic rings. The summed E-state index contributed by atoms with van der Waals surface area (Å²) in [7, 11) is 0. The van der Waals surface area contributed by atoms with Crippen LogP contribution in [0.15, 0.2) is 23.2 Å². The topological polar surface area (TPSA) is 48.5 Å². The normalized spacial score (nSPS) is 13.8. The van der Waals surface area contributed by atoms with Crippen LogP contribution < -0.4 is 16.0 Å². The quantitative estimate of drug-likeness (QED) is 0.428. The average Bonchev–Trinajstić information content (AvgIpc) is 2.45. The van der Waals surface area contributed by atoms with E-state index in [1.54, 1.807) is 6.07 Å². The van der Waals surface area contributed by atoms with E-state index in [0.29, 0.717) is 18.1 Å². The first kappa shape index (κ1) is 19.4. The number of rotatable bonds is 6. The van der Waals surface area contributed by atoms with Crippen LogP contribution in [0, 0.1) is 11.6 Å². The molecule has 0 spiro atoms. The average molecular weight is 326 g/mol. The van der Waals surface area contributed by atoms with E-state index in [0.717, 1.165) is 19.2 Å². The van der Waals surface area contributed by atoms with Gasteiger partial charge in [-0.05, 0) is 52.3 Å². The maximum atomic E-state index is 13.3. The molecule has 0 bridgehead atoms. The number of guanidine groups is 1. The predicted octanol–water partition coefficient (Wildman–Crippen LogP) is 2.97. The zero-order chi connectivity index (χ0) is 17.5. The van der Waals surface area contributed by atoms with Crippen LogP contribution in [-0.2, 0) is 0 Å². The molecule has 6 heteroatoms. The highest BCUT2D eigenvalue weighted by Gasteiger charge is 2.11. The fourth-order valence-corrected chi connectivity index (χ4v) is 1.99. The van der Waals surface area contributed by atoms with Gasteiger partial charge in [0.1, 0.15) is 0 Å². The van der Waals surface area contributed by atoms with E-state index in [1.807, 2.05) is 13.8 Å². The van der Waals surface area contributed by atoms with E-state index >= 15 is 0 Å². The maximum absolute atomic E-state index is 13.3. The lowest BCUT2D eigenvalue weighted by Crippen LogP contribution is -2.40. The summed E-state index contributed by atoms with van der Waals surface area (Å²) in [6, 6.07) is 3.73. The second-order valence-electron chi connectivity index (χ2n) is 6.48. The number of aliphatic imine (C=N–C) groups is 1. The number of hydrogen-bond acceptors (Lipinski definition) is 2. The smallest absolute Gasteiger partial charge is 0.191 e. The predicted molar refractivity (Wildman–Crippen MR) is 91.6 cm³/mol. The van der Waals surface area contributed by atoms with E-state index in [2.05, 4.69) is 41.7 Å². The highest BCUT2D eigenvalue weighted by Crippen LogP contribution is 2.15. The molecular weight excluding hydrogens is 298 g/mol. The van der Waals surface area contributed by atoms with Crippen molar-refractivity contribution in [3.05, 3.63) is 35.4 Å². The van der Waals surface area contributed by atoms with Crippen molar-refractivity contribution in [3.63, 3.8) is 0 Å². The molecular formula is C17H28F2N4. The van der Waals surface area contributed by atoms with Crippen molar-refractivity contribution >= 4 is 5.96 Å². The molecule has 1 unspecified atom stereocenters. The van der Waals surface area contributed by atoms with Gasteiger partial charge < -0.3 is 16.0 Å². The molecule has 23 heavy (non-hydrogen) atoms. The molecule has 0 radical (unpaired) electrons. The lowest BCUT2D eigenvalue weighted by Gasteiger charge is -2.21. The van der Waals surface area contributed by atoms with E-state index in [4.69, 9.17) is 0 Å². The molecule has 0 aliphatic rings. The second-order valence-corrected chi connectivity index (χ2v) is 6.48. The number of nitrogens with zero attached hydrogens (tertiary/aromatic N) is 1. The van der Waals surface area contributed by atoms with E-state index < -0.39 is 11.6 Å². The first-order valence-corrected chi connectivity index (χ1v) is 7.97. The summed E-state index contributed by atoms with van der Waals surface area (Å²) in [5, 5.41) is 9.71. The molecule has 1 aromatic carbocycles. The van der Waals surface area contributed by atoms with Gasteiger partial charge in [-0.1, -0.05) is 6.07 Å². The van der Waals surface area contributed by atoms with Crippen molar-refractivity contribution in [2.24, 2.45) is 4.99 Å². The molecule has 0 saturated heterocycles. The molecule has 1 rings (SSSR count). The van der Waals surface area contributed by atoms with Gasteiger partial charge in [0.15, 0.2) is 17.6 Å². The summed E-state index contributed by atoms with van der Waals surface area (Å²) in [4.78, 5) is 4.49. The highest BCUT2D eigenvalue weighted by molar-refractivity contribution is 5.80.